The van der Waals surface area contributed by atoms with Crippen LogP contribution in [0.3, 0.4) is 0 Å². The lowest BCUT2D eigenvalue weighted by Gasteiger charge is -2.02. The summed E-state index contributed by atoms with van der Waals surface area (Å²) in [4.78, 5) is 12.8. The number of hydrogen-bond donors (Lipinski definition) is 1. The van der Waals surface area contributed by atoms with Crippen molar-refractivity contribution >= 4 is 18.1 Å². The third-order valence-electron chi connectivity index (χ3n) is 3.14. The molecule has 0 bridgehead atoms. The standard InChI is InChI=1S/C16H14N6O3/c1-2-9-24-15(23)12-5-3-11(4-6-12)14-8-7-13(25-14)10-18-22-16(17)19-20-21-22/h2-8,10H,1,9H2,(H2,17,19,21). The predicted octanol–water partition coefficient (Wildman–Crippen LogP) is 1.74. The van der Waals surface area contributed by atoms with Gasteiger partial charge in [0, 0.05) is 5.56 Å². The van der Waals surface area contributed by atoms with Crippen molar-refractivity contribution in [2.24, 2.45) is 5.10 Å². The fourth-order valence-electron chi connectivity index (χ4n) is 1.95. The van der Waals surface area contributed by atoms with E-state index >= 15 is 0 Å². The highest BCUT2D eigenvalue weighted by molar-refractivity contribution is 5.90. The first-order chi connectivity index (χ1) is 12.2. The average molecular weight is 338 g/mol. The first-order valence-electron chi connectivity index (χ1n) is 7.24. The van der Waals surface area contributed by atoms with Gasteiger partial charge in [0.1, 0.15) is 18.1 Å². The van der Waals surface area contributed by atoms with Crippen molar-refractivity contribution in [3.8, 4) is 11.3 Å². The zero-order chi connectivity index (χ0) is 17.6. The van der Waals surface area contributed by atoms with Crippen LogP contribution in [-0.2, 0) is 4.74 Å². The summed E-state index contributed by atoms with van der Waals surface area (Å²) in [5, 5.41) is 14.5. The van der Waals surface area contributed by atoms with E-state index in [9.17, 15) is 4.79 Å². The van der Waals surface area contributed by atoms with Crippen LogP contribution < -0.4 is 5.73 Å². The van der Waals surface area contributed by atoms with Crippen LogP contribution in [0.25, 0.3) is 11.3 Å². The highest BCUT2D eigenvalue weighted by atomic mass is 16.5. The zero-order valence-corrected chi connectivity index (χ0v) is 13.1. The molecule has 0 atom stereocenters. The largest absolute Gasteiger partial charge is 0.458 e. The molecule has 2 heterocycles. The molecule has 2 N–H and O–H groups in total. The fraction of sp³-hybridized carbons (Fsp3) is 0.0625. The van der Waals surface area contributed by atoms with E-state index in [4.69, 9.17) is 14.9 Å². The Balaban J connectivity index is 1.71. The maximum atomic E-state index is 11.7. The Hall–Kier alpha value is -3.75. The second kappa shape index (κ2) is 7.21. The Morgan fingerprint density at radius 2 is 2.12 bits per heavy atom. The summed E-state index contributed by atoms with van der Waals surface area (Å²) in [7, 11) is 0. The molecule has 1 aromatic carbocycles. The molecule has 0 aliphatic rings. The molecule has 9 heteroatoms. The van der Waals surface area contributed by atoms with Crippen LogP contribution in [-0.4, -0.2) is 39.1 Å². The van der Waals surface area contributed by atoms with E-state index in [1.165, 1.54) is 12.3 Å². The first kappa shape index (κ1) is 16.1. The number of hydrogen-bond acceptors (Lipinski definition) is 8. The molecule has 3 aromatic rings. The number of nitrogen functional groups attached to an aromatic ring is 1. The zero-order valence-electron chi connectivity index (χ0n) is 13.1. The number of furan rings is 1. The number of carbonyl (C=O) groups excluding carboxylic acids is 1. The monoisotopic (exact) mass is 338 g/mol. The number of ether oxygens (including phenoxy) is 1. The number of benzene rings is 1. The van der Waals surface area contributed by atoms with Crippen molar-refractivity contribution in [3.05, 3.63) is 60.4 Å². The third-order valence-corrected chi connectivity index (χ3v) is 3.14. The van der Waals surface area contributed by atoms with E-state index < -0.39 is 5.97 Å². The Morgan fingerprint density at radius 3 is 2.80 bits per heavy atom. The summed E-state index contributed by atoms with van der Waals surface area (Å²) in [6.45, 7) is 3.67. The van der Waals surface area contributed by atoms with E-state index in [0.717, 1.165) is 10.4 Å². The van der Waals surface area contributed by atoms with Crippen LogP contribution in [0, 0.1) is 0 Å². The van der Waals surface area contributed by atoms with Crippen LogP contribution in [0.4, 0.5) is 5.95 Å². The number of aromatic nitrogens is 4. The first-order valence-corrected chi connectivity index (χ1v) is 7.24. The summed E-state index contributed by atoms with van der Waals surface area (Å²) in [6, 6.07) is 10.4. The fourth-order valence-corrected chi connectivity index (χ4v) is 1.95. The van der Waals surface area contributed by atoms with Crippen molar-refractivity contribution in [2.75, 3.05) is 12.3 Å². The van der Waals surface area contributed by atoms with Crippen LogP contribution in [0.2, 0.25) is 0 Å². The molecule has 0 unspecified atom stereocenters. The Kier molecular flexibility index (Phi) is 4.65. The van der Waals surface area contributed by atoms with E-state index in [0.29, 0.717) is 17.1 Å². The van der Waals surface area contributed by atoms with Gasteiger partial charge in [-0.15, -0.1) is 0 Å². The maximum absolute atomic E-state index is 11.7. The van der Waals surface area contributed by atoms with Crippen molar-refractivity contribution in [1.82, 2.24) is 20.3 Å². The van der Waals surface area contributed by atoms with Gasteiger partial charge in [-0.1, -0.05) is 34.7 Å². The lowest BCUT2D eigenvalue weighted by molar-refractivity contribution is 0.0550. The molecule has 0 fully saturated rings. The number of anilines is 1. The maximum Gasteiger partial charge on any atom is 0.338 e. The quantitative estimate of drug-likeness (QED) is 0.412. The number of carbonyl (C=O) groups is 1. The van der Waals surface area contributed by atoms with E-state index in [1.807, 2.05) is 0 Å². The van der Waals surface area contributed by atoms with Gasteiger partial charge in [0.2, 0.25) is 0 Å². The molecule has 0 aliphatic heterocycles. The summed E-state index contributed by atoms with van der Waals surface area (Å²) in [6.07, 6.45) is 2.96. The molecule has 0 spiro atoms. The third kappa shape index (κ3) is 3.78. The summed E-state index contributed by atoms with van der Waals surface area (Å²) in [5.74, 6) is 0.788. The molecule has 9 nitrogen and oxygen atoms in total. The van der Waals surface area contributed by atoms with Gasteiger partial charge in [-0.25, -0.2) is 4.79 Å². The van der Waals surface area contributed by atoms with Gasteiger partial charge >= 0.3 is 5.97 Å². The van der Waals surface area contributed by atoms with Gasteiger partial charge in [-0.3, -0.25) is 0 Å². The van der Waals surface area contributed by atoms with Crippen LogP contribution in [0.5, 0.6) is 0 Å². The van der Waals surface area contributed by atoms with Gasteiger partial charge in [-0.2, -0.15) is 5.10 Å². The van der Waals surface area contributed by atoms with Crippen molar-refractivity contribution in [2.45, 2.75) is 0 Å². The molecule has 0 radical (unpaired) electrons. The van der Waals surface area contributed by atoms with Gasteiger partial charge in [-0.05, 0) is 34.7 Å². The number of esters is 1. The SMILES string of the molecule is C=CCOC(=O)c1ccc(-c2ccc(C=Nn3nnnc3N)o2)cc1. The van der Waals surface area contributed by atoms with E-state index in [2.05, 4.69) is 27.2 Å². The van der Waals surface area contributed by atoms with Crippen molar-refractivity contribution < 1.29 is 13.9 Å². The molecular weight excluding hydrogens is 324 g/mol. The minimum atomic E-state index is -0.405. The minimum absolute atomic E-state index is 0.0713. The molecule has 25 heavy (non-hydrogen) atoms. The molecule has 3 rings (SSSR count). The second-order valence-electron chi connectivity index (χ2n) is 4.84. The molecule has 126 valence electrons. The molecule has 0 saturated heterocycles. The highest BCUT2D eigenvalue weighted by Crippen LogP contribution is 2.22. The van der Waals surface area contributed by atoms with Gasteiger partial charge in [0.05, 0.1) is 11.8 Å². The molecular formula is C16H14N6O3. The summed E-state index contributed by atoms with van der Waals surface area (Å²) in [5.41, 5.74) is 6.77. The minimum Gasteiger partial charge on any atom is -0.458 e. The number of nitrogens with two attached hydrogens (primary N) is 1. The molecule has 0 amide bonds. The number of tetrazole rings is 1. The van der Waals surface area contributed by atoms with Gasteiger partial charge in [0.25, 0.3) is 5.95 Å². The van der Waals surface area contributed by atoms with E-state index in [1.54, 1.807) is 36.4 Å². The van der Waals surface area contributed by atoms with E-state index in [-0.39, 0.29) is 12.6 Å². The van der Waals surface area contributed by atoms with Gasteiger partial charge in [0.15, 0.2) is 0 Å². The Labute approximate surface area is 142 Å². The normalized spacial score (nSPS) is 10.9. The smallest absolute Gasteiger partial charge is 0.338 e. The summed E-state index contributed by atoms with van der Waals surface area (Å²) >= 11 is 0. The molecule has 0 aliphatic carbocycles. The van der Waals surface area contributed by atoms with Crippen LogP contribution >= 0.6 is 0 Å². The second-order valence-corrected chi connectivity index (χ2v) is 4.84. The Bertz CT molecular complexity index is 910. The lowest BCUT2D eigenvalue weighted by atomic mass is 10.1. The summed E-state index contributed by atoms with van der Waals surface area (Å²) < 4.78 is 10.6. The van der Waals surface area contributed by atoms with Gasteiger partial charge < -0.3 is 14.9 Å². The molecule has 2 aromatic heterocycles. The van der Waals surface area contributed by atoms with Crippen LogP contribution in [0.1, 0.15) is 16.1 Å². The highest BCUT2D eigenvalue weighted by Gasteiger charge is 2.08. The van der Waals surface area contributed by atoms with Crippen molar-refractivity contribution in [3.63, 3.8) is 0 Å². The topological polar surface area (TPSA) is 121 Å². The average Bonchev–Trinajstić information content (AvgIpc) is 3.27. The lowest BCUT2D eigenvalue weighted by Crippen LogP contribution is -2.04. The number of rotatable bonds is 6. The molecule has 0 saturated carbocycles. The number of nitrogens with zero attached hydrogens (tertiary/aromatic N) is 5. The Morgan fingerprint density at radius 1 is 1.32 bits per heavy atom. The van der Waals surface area contributed by atoms with Crippen LogP contribution in [0.15, 0.2) is 58.6 Å². The van der Waals surface area contributed by atoms with Crippen molar-refractivity contribution in [1.29, 1.82) is 0 Å². The predicted molar refractivity (Wildman–Crippen MR) is 89.8 cm³/mol.